The average molecular weight is 304 g/mol. The summed E-state index contributed by atoms with van der Waals surface area (Å²) in [4.78, 5) is 0. The quantitative estimate of drug-likeness (QED) is 0.895. The Bertz CT molecular complexity index is 528. The summed E-state index contributed by atoms with van der Waals surface area (Å²) < 4.78 is 1.08. The summed E-state index contributed by atoms with van der Waals surface area (Å²) in [6.45, 7) is 4.25. The summed E-state index contributed by atoms with van der Waals surface area (Å²) in [6.07, 6.45) is 1.04. The lowest BCUT2D eigenvalue weighted by Crippen LogP contribution is -2.12. The monoisotopic (exact) mass is 303 g/mol. The van der Waals surface area contributed by atoms with E-state index in [1.54, 1.807) is 0 Å². The second-order valence-corrected chi connectivity index (χ2v) is 5.55. The number of rotatable bonds is 3. The van der Waals surface area contributed by atoms with Gasteiger partial charge >= 0.3 is 0 Å². The van der Waals surface area contributed by atoms with Crippen molar-refractivity contribution in [3.63, 3.8) is 0 Å². The van der Waals surface area contributed by atoms with Crippen LogP contribution in [-0.2, 0) is 6.42 Å². The summed E-state index contributed by atoms with van der Waals surface area (Å²) in [5.41, 5.74) is 11.2. The van der Waals surface area contributed by atoms with Gasteiger partial charge in [0.1, 0.15) is 0 Å². The smallest absolute Gasteiger partial charge is 0.0552 e. The van der Waals surface area contributed by atoms with Gasteiger partial charge in [-0.2, -0.15) is 0 Å². The summed E-state index contributed by atoms with van der Waals surface area (Å²) in [6, 6.07) is 14.8. The molecular formula is C16H18BrN. The molecule has 0 heterocycles. The molecule has 2 N–H and O–H groups in total. The largest absolute Gasteiger partial charge is 0.320 e. The number of nitrogens with two attached hydrogens (primary N) is 1. The van der Waals surface area contributed by atoms with Gasteiger partial charge in [0.15, 0.2) is 0 Å². The maximum atomic E-state index is 6.36. The summed E-state index contributed by atoms with van der Waals surface area (Å²) in [5.74, 6) is 0. The highest BCUT2D eigenvalue weighted by Gasteiger charge is 2.10. The normalized spacial score (nSPS) is 12.4. The molecule has 0 fully saturated rings. The molecule has 0 aliphatic rings. The van der Waals surface area contributed by atoms with Gasteiger partial charge in [0, 0.05) is 4.47 Å². The van der Waals surface area contributed by atoms with Crippen molar-refractivity contribution < 1.29 is 0 Å². The molecule has 18 heavy (non-hydrogen) atoms. The second-order valence-electron chi connectivity index (χ2n) is 4.64. The zero-order valence-electron chi connectivity index (χ0n) is 10.8. The van der Waals surface area contributed by atoms with Gasteiger partial charge in [-0.25, -0.2) is 0 Å². The van der Waals surface area contributed by atoms with Crippen molar-refractivity contribution in [3.05, 3.63) is 69.2 Å². The van der Waals surface area contributed by atoms with E-state index in [1.165, 1.54) is 16.7 Å². The van der Waals surface area contributed by atoms with E-state index >= 15 is 0 Å². The Kier molecular flexibility index (Phi) is 4.20. The molecule has 0 aromatic heterocycles. The molecule has 0 amide bonds. The zero-order chi connectivity index (χ0) is 13.1. The fourth-order valence-electron chi connectivity index (χ4n) is 2.14. The molecule has 0 saturated carbocycles. The van der Waals surface area contributed by atoms with Gasteiger partial charge in [-0.15, -0.1) is 0 Å². The molecule has 0 aliphatic heterocycles. The summed E-state index contributed by atoms with van der Waals surface area (Å²) in [5, 5.41) is 0. The molecule has 2 aromatic carbocycles. The Labute approximate surface area is 117 Å². The van der Waals surface area contributed by atoms with Crippen LogP contribution < -0.4 is 5.73 Å². The van der Waals surface area contributed by atoms with Crippen LogP contribution in [-0.4, -0.2) is 0 Å². The summed E-state index contributed by atoms with van der Waals surface area (Å²) >= 11 is 3.53. The fraction of sp³-hybridized carbons (Fsp3) is 0.250. The highest BCUT2D eigenvalue weighted by Crippen LogP contribution is 2.24. The molecule has 0 spiro atoms. The maximum Gasteiger partial charge on any atom is 0.0552 e. The van der Waals surface area contributed by atoms with Crippen molar-refractivity contribution in [2.75, 3.05) is 0 Å². The highest BCUT2D eigenvalue weighted by atomic mass is 79.9. The predicted octanol–water partition coefficient (Wildman–Crippen LogP) is 4.37. The molecule has 1 unspecified atom stereocenters. The van der Waals surface area contributed by atoms with E-state index in [1.807, 2.05) is 0 Å². The van der Waals surface area contributed by atoms with Gasteiger partial charge in [0.05, 0.1) is 6.04 Å². The van der Waals surface area contributed by atoms with E-state index in [0.717, 1.165) is 16.5 Å². The second kappa shape index (κ2) is 5.68. The van der Waals surface area contributed by atoms with Gasteiger partial charge in [-0.3, -0.25) is 0 Å². The Morgan fingerprint density at radius 1 is 1.11 bits per heavy atom. The van der Waals surface area contributed by atoms with Gasteiger partial charge in [0.2, 0.25) is 0 Å². The fourth-order valence-corrected chi connectivity index (χ4v) is 2.77. The molecule has 2 heteroatoms. The number of hydrogen-bond donors (Lipinski definition) is 1. The van der Waals surface area contributed by atoms with Crippen molar-refractivity contribution in [1.29, 1.82) is 0 Å². The van der Waals surface area contributed by atoms with Crippen LogP contribution in [0.25, 0.3) is 0 Å². The predicted molar refractivity (Wildman–Crippen MR) is 80.7 cm³/mol. The van der Waals surface area contributed by atoms with Crippen molar-refractivity contribution in [3.8, 4) is 0 Å². The van der Waals surface area contributed by atoms with Gasteiger partial charge < -0.3 is 5.73 Å². The van der Waals surface area contributed by atoms with Crippen LogP contribution in [0.2, 0.25) is 0 Å². The minimum absolute atomic E-state index is 0.0623. The number of hydrogen-bond acceptors (Lipinski definition) is 1. The van der Waals surface area contributed by atoms with E-state index in [9.17, 15) is 0 Å². The molecule has 2 rings (SSSR count). The lowest BCUT2D eigenvalue weighted by Gasteiger charge is -2.15. The number of halogens is 1. The zero-order valence-corrected chi connectivity index (χ0v) is 12.4. The first-order valence-electron chi connectivity index (χ1n) is 6.21. The van der Waals surface area contributed by atoms with E-state index in [0.29, 0.717) is 0 Å². The molecule has 2 aromatic rings. The Hall–Kier alpha value is -1.12. The number of benzene rings is 2. The van der Waals surface area contributed by atoms with Gasteiger partial charge in [0.25, 0.3) is 0 Å². The van der Waals surface area contributed by atoms with Crippen LogP contribution in [0.4, 0.5) is 0 Å². The Balaban J connectivity index is 2.37. The number of aryl methyl sites for hydroxylation is 2. The first-order chi connectivity index (χ1) is 8.60. The third kappa shape index (κ3) is 3.01. The standard InChI is InChI=1S/C16H18BrN/c1-3-12-5-4-6-13(9-12)16(18)14-7-11(2)8-15(17)10-14/h4-10,16H,3,18H2,1-2H3. The molecule has 94 valence electrons. The molecule has 0 saturated heterocycles. The first kappa shape index (κ1) is 13.3. The molecule has 1 nitrogen and oxygen atoms in total. The van der Waals surface area contributed by atoms with Crippen molar-refractivity contribution >= 4 is 15.9 Å². The van der Waals surface area contributed by atoms with Crippen LogP contribution in [0.1, 0.15) is 35.2 Å². The van der Waals surface area contributed by atoms with Crippen molar-refractivity contribution in [2.24, 2.45) is 5.73 Å². The van der Waals surface area contributed by atoms with Crippen LogP contribution in [0.3, 0.4) is 0 Å². The van der Waals surface area contributed by atoms with Crippen LogP contribution in [0, 0.1) is 6.92 Å². The van der Waals surface area contributed by atoms with Crippen molar-refractivity contribution in [1.82, 2.24) is 0 Å². The average Bonchev–Trinajstić information content (AvgIpc) is 2.37. The SMILES string of the molecule is CCc1cccc(C(N)c2cc(C)cc(Br)c2)c1. The van der Waals surface area contributed by atoms with E-state index < -0.39 is 0 Å². The van der Waals surface area contributed by atoms with Gasteiger partial charge in [-0.05, 0) is 47.7 Å². The molecule has 1 atom stereocenters. The minimum Gasteiger partial charge on any atom is -0.320 e. The minimum atomic E-state index is -0.0623. The van der Waals surface area contributed by atoms with Crippen LogP contribution in [0.15, 0.2) is 46.9 Å². The lowest BCUT2D eigenvalue weighted by atomic mass is 9.96. The first-order valence-corrected chi connectivity index (χ1v) is 7.01. The topological polar surface area (TPSA) is 26.0 Å². The van der Waals surface area contributed by atoms with E-state index in [-0.39, 0.29) is 6.04 Å². The Morgan fingerprint density at radius 2 is 1.89 bits per heavy atom. The molecule has 0 bridgehead atoms. The van der Waals surface area contributed by atoms with E-state index in [4.69, 9.17) is 5.73 Å². The molecule has 0 aliphatic carbocycles. The van der Waals surface area contributed by atoms with Crippen LogP contribution >= 0.6 is 15.9 Å². The van der Waals surface area contributed by atoms with Crippen molar-refractivity contribution in [2.45, 2.75) is 26.3 Å². The van der Waals surface area contributed by atoms with Crippen LogP contribution in [0.5, 0.6) is 0 Å². The Morgan fingerprint density at radius 3 is 2.56 bits per heavy atom. The molecule has 0 radical (unpaired) electrons. The third-order valence-electron chi connectivity index (χ3n) is 3.14. The maximum absolute atomic E-state index is 6.36. The lowest BCUT2D eigenvalue weighted by molar-refractivity contribution is 0.864. The van der Waals surface area contributed by atoms with Gasteiger partial charge in [-0.1, -0.05) is 53.2 Å². The molecular weight excluding hydrogens is 286 g/mol. The third-order valence-corrected chi connectivity index (χ3v) is 3.60. The van der Waals surface area contributed by atoms with E-state index in [2.05, 4.69) is 72.2 Å². The highest BCUT2D eigenvalue weighted by molar-refractivity contribution is 9.10. The summed E-state index contributed by atoms with van der Waals surface area (Å²) in [7, 11) is 0.